The number of rotatable bonds is 0. The number of nitrogens with one attached hydrogen (secondary N) is 1. The van der Waals surface area contributed by atoms with Crippen LogP contribution < -0.4 is 5.32 Å². The van der Waals surface area contributed by atoms with Crippen LogP contribution in [0.1, 0.15) is 6.42 Å². The van der Waals surface area contributed by atoms with Crippen LogP contribution in [0.4, 0.5) is 0 Å². The first kappa shape index (κ1) is 6.02. The van der Waals surface area contributed by atoms with Crippen LogP contribution in [0.15, 0.2) is 39.8 Å². The summed E-state index contributed by atoms with van der Waals surface area (Å²) in [6, 6.07) is 0. The van der Waals surface area contributed by atoms with Gasteiger partial charge in [-0.25, -0.2) is 0 Å². The second-order valence-electron chi connectivity index (χ2n) is 2.26. The summed E-state index contributed by atoms with van der Waals surface area (Å²) in [5.41, 5.74) is 5.55. The molecule has 0 saturated heterocycles. The van der Waals surface area contributed by atoms with E-state index in [-0.39, 0.29) is 0 Å². The topological polar surface area (TPSA) is 12.0 Å². The van der Waals surface area contributed by atoms with Crippen molar-refractivity contribution in [3.05, 3.63) is 39.8 Å². The van der Waals surface area contributed by atoms with E-state index >= 15 is 0 Å². The molecule has 0 bridgehead atoms. The zero-order valence-corrected chi connectivity index (χ0v) is 6.90. The Kier molecular flexibility index (Phi) is 1.30. The van der Waals surface area contributed by atoms with E-state index in [1.165, 1.54) is 11.3 Å². The zero-order chi connectivity index (χ0) is 6.97. The number of allylic oxidation sites excluding steroid dienone is 4. The van der Waals surface area contributed by atoms with E-state index in [9.17, 15) is 0 Å². The summed E-state index contributed by atoms with van der Waals surface area (Å²) in [7, 11) is 0. The predicted molar refractivity (Wildman–Crippen MR) is 44.4 cm³/mol. The Labute approximate surface area is 67.9 Å². The molecule has 1 nitrogen and oxygen atoms in total. The molecule has 50 valence electrons. The molecule has 0 aromatic rings. The van der Waals surface area contributed by atoms with Crippen molar-refractivity contribution in [2.75, 3.05) is 0 Å². The number of halogens is 1. The van der Waals surface area contributed by atoms with E-state index in [1.54, 1.807) is 0 Å². The van der Waals surface area contributed by atoms with Gasteiger partial charge in [-0.1, -0.05) is 27.7 Å². The van der Waals surface area contributed by atoms with Gasteiger partial charge in [-0.05, 0) is 6.08 Å². The van der Waals surface area contributed by atoms with E-state index in [1.807, 2.05) is 6.20 Å². The van der Waals surface area contributed by atoms with Crippen LogP contribution in [0, 0.1) is 0 Å². The minimum absolute atomic E-state index is 0.982. The van der Waals surface area contributed by atoms with Gasteiger partial charge in [-0.2, -0.15) is 0 Å². The lowest BCUT2D eigenvalue weighted by molar-refractivity contribution is 1.06. The molecule has 10 heavy (non-hydrogen) atoms. The minimum atomic E-state index is 0.982. The first-order valence-electron chi connectivity index (χ1n) is 3.14. The van der Waals surface area contributed by atoms with Crippen molar-refractivity contribution in [3.8, 4) is 0 Å². The molecule has 0 radical (unpaired) electrons. The molecule has 1 heterocycles. The van der Waals surface area contributed by atoms with Gasteiger partial charge in [0.1, 0.15) is 0 Å². The average molecular weight is 196 g/mol. The molecule has 2 aliphatic rings. The Bertz CT molecular complexity index is 290. The van der Waals surface area contributed by atoms with Gasteiger partial charge in [0.2, 0.25) is 0 Å². The summed E-state index contributed by atoms with van der Waals surface area (Å²) in [5, 5.41) is 3.11. The quantitative estimate of drug-likeness (QED) is 0.585. The van der Waals surface area contributed by atoms with E-state index < -0.39 is 0 Å². The van der Waals surface area contributed by atoms with Crippen molar-refractivity contribution < 1.29 is 0 Å². The average Bonchev–Trinajstić information content (AvgIpc) is 2.33. The van der Waals surface area contributed by atoms with Gasteiger partial charge in [0.05, 0.1) is 5.70 Å². The second-order valence-corrected chi connectivity index (χ2v) is 3.18. The Morgan fingerprint density at radius 3 is 3.40 bits per heavy atom. The van der Waals surface area contributed by atoms with Crippen molar-refractivity contribution in [1.29, 1.82) is 0 Å². The van der Waals surface area contributed by atoms with Crippen molar-refractivity contribution in [3.63, 3.8) is 0 Å². The Morgan fingerprint density at radius 2 is 2.50 bits per heavy atom. The highest BCUT2D eigenvalue weighted by molar-refractivity contribution is 9.11. The number of hydrogen-bond acceptors (Lipinski definition) is 1. The standard InChI is InChI=1S/C8H6BrN/c9-7-2-1-6-3-4-10-8(6)5-7/h2,4-5,10H,1H2. The summed E-state index contributed by atoms with van der Waals surface area (Å²) < 4.78 is 1.15. The third-order valence-corrected chi connectivity index (χ3v) is 2.14. The Hall–Kier alpha value is -0.720. The van der Waals surface area contributed by atoms with E-state index in [0.29, 0.717) is 0 Å². The Morgan fingerprint density at radius 1 is 1.60 bits per heavy atom. The fourth-order valence-electron chi connectivity index (χ4n) is 1.06. The van der Waals surface area contributed by atoms with E-state index in [2.05, 4.69) is 39.1 Å². The molecule has 0 aromatic carbocycles. The van der Waals surface area contributed by atoms with E-state index in [0.717, 1.165) is 10.9 Å². The van der Waals surface area contributed by atoms with Gasteiger partial charge in [-0.3, -0.25) is 0 Å². The fourth-order valence-corrected chi connectivity index (χ4v) is 1.45. The molecule has 0 amide bonds. The maximum absolute atomic E-state index is 3.41. The minimum Gasteiger partial charge on any atom is -0.354 e. The maximum Gasteiger partial charge on any atom is 0.0510 e. The molecule has 0 unspecified atom stereocenters. The maximum atomic E-state index is 3.41. The van der Waals surface area contributed by atoms with Crippen LogP contribution in [0.5, 0.6) is 0 Å². The number of hydrogen-bond donors (Lipinski definition) is 1. The third-order valence-electron chi connectivity index (χ3n) is 1.58. The molecular formula is C8H6BrN. The molecule has 2 rings (SSSR count). The molecule has 0 fully saturated rings. The van der Waals surface area contributed by atoms with Crippen molar-refractivity contribution >= 4 is 15.9 Å². The SMILES string of the molecule is BrC1=CCC2=C=CNC2=C1. The van der Waals surface area contributed by atoms with Crippen LogP contribution >= 0.6 is 15.9 Å². The molecule has 1 aliphatic carbocycles. The van der Waals surface area contributed by atoms with Gasteiger partial charge in [0, 0.05) is 22.7 Å². The van der Waals surface area contributed by atoms with Gasteiger partial charge in [-0.15, -0.1) is 0 Å². The first-order chi connectivity index (χ1) is 4.86. The lowest BCUT2D eigenvalue weighted by atomic mass is 10.1. The number of fused-ring (bicyclic) bond motifs is 1. The molecule has 1 aliphatic heterocycles. The normalized spacial score (nSPS) is 20.7. The molecular weight excluding hydrogens is 190 g/mol. The highest BCUT2D eigenvalue weighted by atomic mass is 79.9. The van der Waals surface area contributed by atoms with Crippen molar-refractivity contribution in [2.45, 2.75) is 6.42 Å². The summed E-state index contributed by atoms with van der Waals surface area (Å²) in [4.78, 5) is 0. The second kappa shape index (κ2) is 2.15. The van der Waals surface area contributed by atoms with Gasteiger partial charge >= 0.3 is 0 Å². The first-order valence-corrected chi connectivity index (χ1v) is 3.94. The van der Waals surface area contributed by atoms with Gasteiger partial charge in [0.15, 0.2) is 0 Å². The largest absolute Gasteiger partial charge is 0.354 e. The highest BCUT2D eigenvalue weighted by Crippen LogP contribution is 2.25. The molecule has 0 aromatic heterocycles. The van der Waals surface area contributed by atoms with Crippen LogP contribution in [-0.4, -0.2) is 0 Å². The van der Waals surface area contributed by atoms with Crippen molar-refractivity contribution in [2.24, 2.45) is 0 Å². The van der Waals surface area contributed by atoms with Crippen molar-refractivity contribution in [1.82, 2.24) is 5.32 Å². The fraction of sp³-hybridized carbons (Fsp3) is 0.125. The lowest BCUT2D eigenvalue weighted by Crippen LogP contribution is -2.03. The predicted octanol–water partition coefficient (Wildman–Crippen LogP) is 2.20. The smallest absolute Gasteiger partial charge is 0.0510 e. The molecule has 0 saturated carbocycles. The summed E-state index contributed by atoms with van der Waals surface area (Å²) >= 11 is 3.41. The highest BCUT2D eigenvalue weighted by Gasteiger charge is 2.10. The van der Waals surface area contributed by atoms with Crippen LogP contribution in [0.2, 0.25) is 0 Å². The molecule has 0 atom stereocenters. The Balaban J connectivity index is 2.42. The molecule has 1 N–H and O–H groups in total. The molecule has 2 heteroatoms. The van der Waals surface area contributed by atoms with Crippen LogP contribution in [0.25, 0.3) is 0 Å². The van der Waals surface area contributed by atoms with Gasteiger partial charge in [0.25, 0.3) is 0 Å². The summed E-state index contributed by atoms with van der Waals surface area (Å²) in [6.45, 7) is 0. The van der Waals surface area contributed by atoms with Crippen LogP contribution in [-0.2, 0) is 0 Å². The summed E-state index contributed by atoms with van der Waals surface area (Å²) in [5.74, 6) is 0. The van der Waals surface area contributed by atoms with Gasteiger partial charge < -0.3 is 5.32 Å². The third kappa shape index (κ3) is 0.859. The van der Waals surface area contributed by atoms with E-state index in [4.69, 9.17) is 0 Å². The monoisotopic (exact) mass is 195 g/mol. The molecule has 0 spiro atoms. The van der Waals surface area contributed by atoms with Crippen LogP contribution in [0.3, 0.4) is 0 Å². The zero-order valence-electron chi connectivity index (χ0n) is 5.32. The summed E-state index contributed by atoms with van der Waals surface area (Å²) in [6.07, 6.45) is 7.03. The lowest BCUT2D eigenvalue weighted by Gasteiger charge is -2.07.